The van der Waals surface area contributed by atoms with Crippen molar-refractivity contribution in [2.45, 2.75) is 32.6 Å². The van der Waals surface area contributed by atoms with Gasteiger partial charge in [0.05, 0.1) is 5.34 Å². The molecule has 2 nitrogen and oxygen atoms in total. The number of carboxylic acid groups (broad SMARTS) is 1. The van der Waals surface area contributed by atoms with Gasteiger partial charge in [0.15, 0.2) is 0 Å². The summed E-state index contributed by atoms with van der Waals surface area (Å²) < 4.78 is 0. The van der Waals surface area contributed by atoms with E-state index < -0.39 is 5.97 Å². The number of aliphatic carboxylic acids is 1. The van der Waals surface area contributed by atoms with E-state index in [-0.39, 0.29) is 5.34 Å². The summed E-state index contributed by atoms with van der Waals surface area (Å²) in [6.07, 6.45) is 3.28. The Hall–Kier alpha value is 0.0500. The van der Waals surface area contributed by atoms with Gasteiger partial charge >= 0.3 is 5.97 Å². The molecular formula is C7H14Cl2O2. The van der Waals surface area contributed by atoms with Crippen molar-refractivity contribution in [2.75, 3.05) is 5.34 Å². The highest BCUT2D eigenvalue weighted by atomic mass is 35.5. The second-order valence-corrected chi connectivity index (χ2v) is 2.76. The summed E-state index contributed by atoms with van der Waals surface area (Å²) in [6.45, 7) is 2.06. The van der Waals surface area contributed by atoms with E-state index in [0.717, 1.165) is 19.3 Å². The predicted octanol–water partition coefficient (Wildman–Crippen LogP) is 3.07. The first kappa shape index (κ1) is 13.6. The number of alkyl halides is 2. The first-order valence-electron chi connectivity index (χ1n) is 3.52. The van der Waals surface area contributed by atoms with Crippen LogP contribution in [-0.4, -0.2) is 16.4 Å². The largest absolute Gasteiger partial charge is 0.481 e. The van der Waals surface area contributed by atoms with Crippen molar-refractivity contribution in [1.29, 1.82) is 0 Å². The molecule has 0 bridgehead atoms. The Kier molecular flexibility index (Phi) is 15.7. The van der Waals surface area contributed by atoms with Gasteiger partial charge in [0.2, 0.25) is 0 Å². The summed E-state index contributed by atoms with van der Waals surface area (Å²) in [5, 5.41) is 8.33. The fraction of sp³-hybridized carbons (Fsp3) is 0.857. The minimum atomic E-state index is -0.682. The fourth-order valence-corrected chi connectivity index (χ4v) is 0.526. The van der Waals surface area contributed by atoms with E-state index in [0.29, 0.717) is 6.42 Å². The van der Waals surface area contributed by atoms with Crippen molar-refractivity contribution in [1.82, 2.24) is 0 Å². The van der Waals surface area contributed by atoms with Crippen LogP contribution in [0.2, 0.25) is 0 Å². The topological polar surface area (TPSA) is 37.3 Å². The molecule has 0 fully saturated rings. The second-order valence-electron chi connectivity index (χ2n) is 1.95. The smallest absolute Gasteiger partial charge is 0.303 e. The fourth-order valence-electron chi connectivity index (χ4n) is 0.526. The molecule has 0 aromatic rings. The number of hydrogen-bond donors (Lipinski definition) is 1. The van der Waals surface area contributed by atoms with E-state index in [1.165, 1.54) is 0 Å². The van der Waals surface area contributed by atoms with Crippen molar-refractivity contribution >= 4 is 29.2 Å². The lowest BCUT2D eigenvalue weighted by atomic mass is 10.2. The summed E-state index contributed by atoms with van der Waals surface area (Å²) in [5.41, 5.74) is 0. The molecule has 4 heteroatoms. The van der Waals surface area contributed by atoms with Crippen LogP contribution in [0.25, 0.3) is 0 Å². The number of halogens is 2. The van der Waals surface area contributed by atoms with Crippen LogP contribution < -0.4 is 0 Å². The van der Waals surface area contributed by atoms with Gasteiger partial charge in [0.1, 0.15) is 0 Å². The standard InChI is InChI=1S/C6H12O2.CH2Cl2/c1-2-3-4-5-6(7)8;2-1-3/h2-5H2,1H3,(H,7,8);1H2. The highest BCUT2D eigenvalue weighted by Crippen LogP contribution is 1.97. The van der Waals surface area contributed by atoms with Crippen LogP contribution in [-0.2, 0) is 4.79 Å². The van der Waals surface area contributed by atoms with Crippen LogP contribution >= 0.6 is 23.2 Å². The minimum absolute atomic E-state index is 0.194. The van der Waals surface area contributed by atoms with Gasteiger partial charge in [-0.25, -0.2) is 0 Å². The minimum Gasteiger partial charge on any atom is -0.481 e. The lowest BCUT2D eigenvalue weighted by Gasteiger charge is -1.89. The molecule has 0 aliphatic heterocycles. The molecule has 0 radical (unpaired) electrons. The molecule has 68 valence electrons. The first-order valence-corrected chi connectivity index (χ1v) is 4.59. The molecule has 1 N–H and O–H groups in total. The Balaban J connectivity index is 0. The Morgan fingerprint density at radius 1 is 1.36 bits per heavy atom. The van der Waals surface area contributed by atoms with Crippen LogP contribution in [0.3, 0.4) is 0 Å². The van der Waals surface area contributed by atoms with Crippen molar-refractivity contribution < 1.29 is 9.90 Å². The van der Waals surface area contributed by atoms with E-state index in [2.05, 4.69) is 6.92 Å². The molecule has 0 atom stereocenters. The van der Waals surface area contributed by atoms with Crippen LogP contribution in [0, 0.1) is 0 Å². The predicted molar refractivity (Wildman–Crippen MR) is 48.4 cm³/mol. The van der Waals surface area contributed by atoms with Crippen LogP contribution in [0.1, 0.15) is 32.6 Å². The first-order chi connectivity index (χ1) is 5.18. The Labute approximate surface area is 77.5 Å². The molecular weight excluding hydrogens is 187 g/mol. The van der Waals surface area contributed by atoms with Gasteiger partial charge in [-0.1, -0.05) is 19.8 Å². The summed E-state index contributed by atoms with van der Waals surface area (Å²) in [4.78, 5) is 9.87. The zero-order chi connectivity index (χ0) is 9.11. The van der Waals surface area contributed by atoms with Gasteiger partial charge in [0, 0.05) is 6.42 Å². The van der Waals surface area contributed by atoms with Crippen LogP contribution in [0.15, 0.2) is 0 Å². The van der Waals surface area contributed by atoms with Crippen molar-refractivity contribution in [3.05, 3.63) is 0 Å². The molecule has 0 aliphatic rings. The van der Waals surface area contributed by atoms with E-state index >= 15 is 0 Å². The zero-order valence-electron chi connectivity index (χ0n) is 6.65. The van der Waals surface area contributed by atoms with E-state index in [1.807, 2.05) is 0 Å². The quantitative estimate of drug-likeness (QED) is 0.560. The zero-order valence-corrected chi connectivity index (χ0v) is 8.16. The molecule has 0 amide bonds. The third kappa shape index (κ3) is 25.5. The average Bonchev–Trinajstić information content (AvgIpc) is 1.89. The van der Waals surface area contributed by atoms with Crippen molar-refractivity contribution in [3.63, 3.8) is 0 Å². The van der Waals surface area contributed by atoms with E-state index in [4.69, 9.17) is 28.3 Å². The van der Waals surface area contributed by atoms with E-state index in [1.54, 1.807) is 0 Å². The van der Waals surface area contributed by atoms with Gasteiger partial charge in [0.25, 0.3) is 0 Å². The lowest BCUT2D eigenvalue weighted by Crippen LogP contribution is -1.92. The molecule has 0 saturated carbocycles. The third-order valence-electron chi connectivity index (χ3n) is 0.994. The monoisotopic (exact) mass is 200 g/mol. The molecule has 0 aromatic heterocycles. The maximum atomic E-state index is 9.87. The van der Waals surface area contributed by atoms with Crippen molar-refractivity contribution in [2.24, 2.45) is 0 Å². The van der Waals surface area contributed by atoms with Gasteiger partial charge in [-0.3, -0.25) is 4.79 Å². The SMILES string of the molecule is CCCCCC(=O)O.ClCCl. The molecule has 0 aliphatic carbocycles. The van der Waals surface area contributed by atoms with Crippen molar-refractivity contribution in [3.8, 4) is 0 Å². The number of carboxylic acids is 1. The molecule has 0 heterocycles. The summed E-state index contributed by atoms with van der Waals surface area (Å²) in [5.74, 6) is -0.682. The maximum absolute atomic E-state index is 9.87. The summed E-state index contributed by atoms with van der Waals surface area (Å²) in [6, 6.07) is 0. The molecule has 0 spiro atoms. The highest BCUT2D eigenvalue weighted by molar-refractivity contribution is 6.40. The van der Waals surface area contributed by atoms with E-state index in [9.17, 15) is 4.79 Å². The van der Waals surface area contributed by atoms with Gasteiger partial charge in [-0.2, -0.15) is 0 Å². The number of hydrogen-bond acceptors (Lipinski definition) is 1. The number of carbonyl (C=O) groups is 1. The lowest BCUT2D eigenvalue weighted by molar-refractivity contribution is -0.137. The normalized spacial score (nSPS) is 8.27. The van der Waals surface area contributed by atoms with Crippen LogP contribution in [0.5, 0.6) is 0 Å². The molecule has 0 aromatic carbocycles. The van der Waals surface area contributed by atoms with Gasteiger partial charge in [-0.15, -0.1) is 23.2 Å². The molecule has 0 rings (SSSR count). The average molecular weight is 201 g/mol. The number of rotatable bonds is 4. The highest BCUT2D eigenvalue weighted by Gasteiger charge is 1.92. The number of unbranched alkanes of at least 4 members (excludes halogenated alkanes) is 2. The second kappa shape index (κ2) is 12.7. The molecule has 0 unspecified atom stereocenters. The maximum Gasteiger partial charge on any atom is 0.303 e. The molecule has 11 heavy (non-hydrogen) atoms. The van der Waals surface area contributed by atoms with Gasteiger partial charge < -0.3 is 5.11 Å². The molecule has 0 saturated heterocycles. The van der Waals surface area contributed by atoms with Crippen LogP contribution in [0.4, 0.5) is 0 Å². The Morgan fingerprint density at radius 3 is 2.09 bits per heavy atom. The Morgan fingerprint density at radius 2 is 1.82 bits per heavy atom. The van der Waals surface area contributed by atoms with Gasteiger partial charge in [-0.05, 0) is 6.42 Å². The third-order valence-corrected chi connectivity index (χ3v) is 0.994. The summed E-state index contributed by atoms with van der Waals surface area (Å²) >= 11 is 9.53. The summed E-state index contributed by atoms with van der Waals surface area (Å²) in [7, 11) is 0. The Bertz CT molecular complexity index is 86.5.